The predicted molar refractivity (Wildman–Crippen MR) is 99.6 cm³/mol. The van der Waals surface area contributed by atoms with Crippen LogP contribution in [-0.4, -0.2) is 27.9 Å². The zero-order chi connectivity index (χ0) is 19.2. The van der Waals surface area contributed by atoms with Gasteiger partial charge in [0.15, 0.2) is 0 Å². The van der Waals surface area contributed by atoms with E-state index in [0.29, 0.717) is 11.4 Å². The van der Waals surface area contributed by atoms with Gasteiger partial charge in [-0.15, -0.1) is 0 Å². The number of methoxy groups -OCH3 is 1. The van der Waals surface area contributed by atoms with Crippen LogP contribution in [0.2, 0.25) is 0 Å². The maximum atomic E-state index is 12.0. The normalized spacial score (nSPS) is 12.1. The fourth-order valence-electron chi connectivity index (χ4n) is 2.29. The van der Waals surface area contributed by atoms with Crippen LogP contribution in [0.4, 0.5) is 10.5 Å². The van der Waals surface area contributed by atoms with E-state index in [1.165, 1.54) is 7.11 Å². The highest BCUT2D eigenvalue weighted by atomic mass is 32.2. The Bertz CT molecular complexity index is 853. The molecule has 0 aliphatic heterocycles. The van der Waals surface area contributed by atoms with Crippen molar-refractivity contribution >= 4 is 21.8 Å². The molecule has 7 nitrogen and oxygen atoms in total. The summed E-state index contributed by atoms with van der Waals surface area (Å²) >= 11 is 0. The molecule has 1 unspecified atom stereocenters. The molecule has 0 radical (unpaired) electrons. The zero-order valence-corrected chi connectivity index (χ0v) is 15.7. The minimum Gasteiger partial charge on any atom is -0.495 e. The molecule has 0 spiro atoms. The van der Waals surface area contributed by atoms with E-state index < -0.39 is 16.1 Å². The number of carbonyl (C=O) groups is 1. The minimum absolute atomic E-state index is 0.180. The van der Waals surface area contributed by atoms with Gasteiger partial charge in [-0.25, -0.2) is 13.2 Å². The van der Waals surface area contributed by atoms with Crippen molar-refractivity contribution in [2.45, 2.75) is 19.6 Å². The molecule has 0 saturated carbocycles. The topological polar surface area (TPSA) is 93.7 Å². The van der Waals surface area contributed by atoms with E-state index >= 15 is 0 Å². The maximum absolute atomic E-state index is 12.0. The Morgan fingerprint density at radius 2 is 1.85 bits per heavy atom. The second-order valence-electron chi connectivity index (χ2n) is 5.76. The Morgan fingerprint density at radius 1 is 1.15 bits per heavy atom. The first-order valence-electron chi connectivity index (χ1n) is 7.91. The molecule has 26 heavy (non-hydrogen) atoms. The van der Waals surface area contributed by atoms with Crippen molar-refractivity contribution in [1.29, 1.82) is 0 Å². The molecule has 2 aromatic rings. The first kappa shape index (κ1) is 19.6. The highest BCUT2D eigenvalue weighted by Crippen LogP contribution is 2.28. The van der Waals surface area contributed by atoms with Gasteiger partial charge in [0, 0.05) is 0 Å². The third kappa shape index (κ3) is 5.96. The SMILES string of the molecule is COc1cc(C(C)NC(=O)OCc2ccccc2)ccc1NS(C)(=O)=O. The van der Waals surface area contributed by atoms with Crippen molar-refractivity contribution in [2.24, 2.45) is 0 Å². The third-order valence-corrected chi connectivity index (χ3v) is 4.16. The largest absolute Gasteiger partial charge is 0.495 e. The smallest absolute Gasteiger partial charge is 0.407 e. The maximum Gasteiger partial charge on any atom is 0.407 e. The lowest BCUT2D eigenvalue weighted by molar-refractivity contribution is 0.136. The molecule has 0 aromatic heterocycles. The van der Waals surface area contributed by atoms with E-state index in [-0.39, 0.29) is 12.6 Å². The molecule has 1 amide bonds. The fourth-order valence-corrected chi connectivity index (χ4v) is 2.85. The highest BCUT2D eigenvalue weighted by Gasteiger charge is 2.14. The summed E-state index contributed by atoms with van der Waals surface area (Å²) in [5.74, 6) is 0.360. The molecule has 0 fully saturated rings. The molecule has 140 valence electrons. The van der Waals surface area contributed by atoms with Gasteiger partial charge in [0.25, 0.3) is 0 Å². The lowest BCUT2D eigenvalue weighted by atomic mass is 10.1. The number of alkyl carbamates (subject to hydrolysis) is 1. The number of ether oxygens (including phenoxy) is 2. The Labute approximate surface area is 153 Å². The summed E-state index contributed by atoms with van der Waals surface area (Å²) in [5.41, 5.74) is 1.98. The van der Waals surface area contributed by atoms with Gasteiger partial charge >= 0.3 is 6.09 Å². The number of sulfonamides is 1. The number of amides is 1. The molecule has 0 aliphatic rings. The van der Waals surface area contributed by atoms with Crippen LogP contribution in [0.25, 0.3) is 0 Å². The van der Waals surface area contributed by atoms with E-state index in [1.54, 1.807) is 25.1 Å². The fraction of sp³-hybridized carbons (Fsp3) is 0.278. The minimum atomic E-state index is -3.42. The number of benzene rings is 2. The van der Waals surface area contributed by atoms with Crippen LogP contribution in [0.5, 0.6) is 5.75 Å². The molecule has 0 saturated heterocycles. The Hall–Kier alpha value is -2.74. The summed E-state index contributed by atoms with van der Waals surface area (Å²) < 4.78 is 35.6. The van der Waals surface area contributed by atoms with Gasteiger partial charge in [0.2, 0.25) is 10.0 Å². The van der Waals surface area contributed by atoms with Gasteiger partial charge in [-0.1, -0.05) is 36.4 Å². The van der Waals surface area contributed by atoms with Crippen LogP contribution in [0, 0.1) is 0 Å². The third-order valence-electron chi connectivity index (χ3n) is 3.57. The molecular weight excluding hydrogens is 356 g/mol. The highest BCUT2D eigenvalue weighted by molar-refractivity contribution is 7.92. The number of hydrogen-bond donors (Lipinski definition) is 2. The second-order valence-corrected chi connectivity index (χ2v) is 7.51. The summed E-state index contributed by atoms with van der Waals surface area (Å²) in [6.45, 7) is 1.97. The number of nitrogens with one attached hydrogen (secondary N) is 2. The molecule has 0 bridgehead atoms. The van der Waals surface area contributed by atoms with E-state index in [2.05, 4.69) is 10.0 Å². The van der Waals surface area contributed by atoms with Gasteiger partial charge in [-0.2, -0.15) is 0 Å². The van der Waals surface area contributed by atoms with Crippen molar-refractivity contribution in [3.63, 3.8) is 0 Å². The van der Waals surface area contributed by atoms with Gasteiger partial charge in [-0.05, 0) is 30.2 Å². The predicted octanol–water partition coefficient (Wildman–Crippen LogP) is 3.05. The van der Waals surface area contributed by atoms with Crippen LogP contribution in [0.15, 0.2) is 48.5 Å². The zero-order valence-electron chi connectivity index (χ0n) is 14.9. The molecule has 2 rings (SSSR count). The van der Waals surface area contributed by atoms with Gasteiger partial charge in [-0.3, -0.25) is 4.72 Å². The molecule has 2 N–H and O–H groups in total. The van der Waals surface area contributed by atoms with Gasteiger partial charge in [0.1, 0.15) is 12.4 Å². The lowest BCUT2D eigenvalue weighted by Gasteiger charge is -2.17. The summed E-state index contributed by atoms with van der Waals surface area (Å²) in [7, 11) is -1.97. The summed E-state index contributed by atoms with van der Waals surface area (Å²) in [6.07, 6.45) is 0.520. The summed E-state index contributed by atoms with van der Waals surface area (Å²) in [6, 6.07) is 14.0. The first-order valence-corrected chi connectivity index (χ1v) is 9.80. The van der Waals surface area contributed by atoms with Crippen LogP contribution in [0.1, 0.15) is 24.1 Å². The van der Waals surface area contributed by atoms with Crippen molar-refractivity contribution in [1.82, 2.24) is 5.32 Å². The summed E-state index contributed by atoms with van der Waals surface area (Å²) in [5, 5.41) is 2.73. The first-order chi connectivity index (χ1) is 12.3. The van der Waals surface area contributed by atoms with Gasteiger partial charge in [0.05, 0.1) is 25.1 Å². The number of carbonyl (C=O) groups excluding carboxylic acids is 1. The average Bonchev–Trinajstić information content (AvgIpc) is 2.59. The van der Waals surface area contributed by atoms with E-state index in [0.717, 1.165) is 17.4 Å². The quantitative estimate of drug-likeness (QED) is 0.772. The Morgan fingerprint density at radius 3 is 2.46 bits per heavy atom. The molecule has 1 atom stereocenters. The van der Waals surface area contributed by atoms with E-state index in [9.17, 15) is 13.2 Å². The van der Waals surface area contributed by atoms with Crippen LogP contribution < -0.4 is 14.8 Å². The number of hydrogen-bond acceptors (Lipinski definition) is 5. The van der Waals surface area contributed by atoms with Crippen molar-refractivity contribution in [3.05, 3.63) is 59.7 Å². The van der Waals surface area contributed by atoms with Crippen LogP contribution in [0.3, 0.4) is 0 Å². The second kappa shape index (κ2) is 8.57. The Balaban J connectivity index is 2.00. The molecular formula is C18H22N2O5S. The lowest BCUT2D eigenvalue weighted by Crippen LogP contribution is -2.27. The van der Waals surface area contributed by atoms with Crippen molar-refractivity contribution in [2.75, 3.05) is 18.1 Å². The Kier molecular flexibility index (Phi) is 6.46. The molecule has 0 heterocycles. The monoisotopic (exact) mass is 378 g/mol. The van der Waals surface area contributed by atoms with Crippen LogP contribution in [-0.2, 0) is 21.4 Å². The summed E-state index contributed by atoms with van der Waals surface area (Å²) in [4.78, 5) is 12.0. The van der Waals surface area contributed by atoms with E-state index in [4.69, 9.17) is 9.47 Å². The average molecular weight is 378 g/mol. The molecule has 0 aliphatic carbocycles. The number of anilines is 1. The van der Waals surface area contributed by atoms with Crippen molar-refractivity contribution < 1.29 is 22.7 Å². The molecule has 2 aromatic carbocycles. The molecule has 8 heteroatoms. The number of rotatable bonds is 7. The van der Waals surface area contributed by atoms with Crippen LogP contribution >= 0.6 is 0 Å². The standard InChI is InChI=1S/C18H22N2O5S/c1-13(19-18(21)25-12-14-7-5-4-6-8-14)15-9-10-16(17(11-15)24-2)20-26(3,22)23/h4-11,13,20H,12H2,1-3H3,(H,19,21). The van der Waals surface area contributed by atoms with Gasteiger partial charge < -0.3 is 14.8 Å². The van der Waals surface area contributed by atoms with Crippen molar-refractivity contribution in [3.8, 4) is 5.75 Å². The van der Waals surface area contributed by atoms with E-state index in [1.807, 2.05) is 30.3 Å².